The van der Waals surface area contributed by atoms with E-state index < -0.39 is 0 Å². The molecule has 2 fully saturated rings. The molecule has 0 spiro atoms. The van der Waals surface area contributed by atoms with E-state index in [1.54, 1.807) is 0 Å². The first-order chi connectivity index (χ1) is 5.95. The lowest BCUT2D eigenvalue weighted by atomic mass is 9.70. The third-order valence-electron chi connectivity index (χ3n) is 4.73. The number of carbonyl (C=O) groups is 2. The second-order valence-electron chi connectivity index (χ2n) is 5.23. The molecule has 13 heavy (non-hydrogen) atoms. The number of hydrogen-bond donors (Lipinski definition) is 0. The zero-order valence-corrected chi connectivity index (χ0v) is 8.46. The minimum absolute atomic E-state index is 0.0235. The molecule has 2 aliphatic carbocycles. The van der Waals surface area contributed by atoms with Gasteiger partial charge in [-0.15, -0.1) is 0 Å². The molecule has 0 heterocycles. The van der Waals surface area contributed by atoms with Crippen LogP contribution in [0.5, 0.6) is 0 Å². The Hall–Kier alpha value is -0.660. The molecule has 0 aromatic heterocycles. The van der Waals surface area contributed by atoms with Crippen LogP contribution in [-0.4, -0.2) is 12.1 Å². The molecule has 0 N–H and O–H groups in total. The maximum absolute atomic E-state index is 11.9. The van der Waals surface area contributed by atoms with Crippen LogP contribution in [-0.2, 0) is 9.59 Å². The van der Waals surface area contributed by atoms with E-state index in [9.17, 15) is 9.59 Å². The van der Waals surface area contributed by atoms with Crippen molar-refractivity contribution in [3.8, 4) is 0 Å². The molecule has 2 rings (SSSR count). The Morgan fingerprint density at radius 1 is 1.38 bits per heavy atom. The molecule has 72 valence electrons. The minimum Gasteiger partial charge on any atom is -0.303 e. The van der Waals surface area contributed by atoms with Crippen LogP contribution in [0.3, 0.4) is 0 Å². The summed E-state index contributed by atoms with van der Waals surface area (Å²) in [7, 11) is 0. The van der Waals surface area contributed by atoms with Gasteiger partial charge in [-0.25, -0.2) is 0 Å². The molecule has 0 amide bonds. The monoisotopic (exact) mass is 180 g/mol. The first-order valence-corrected chi connectivity index (χ1v) is 4.95. The SMILES string of the molecule is CC12CCC(C(C=O)C1=O)C2(C)C. The van der Waals surface area contributed by atoms with Crippen LogP contribution in [0.15, 0.2) is 0 Å². The minimum atomic E-state index is -0.311. The van der Waals surface area contributed by atoms with Crippen molar-refractivity contribution >= 4 is 12.1 Å². The van der Waals surface area contributed by atoms with E-state index in [0.717, 1.165) is 19.1 Å². The van der Waals surface area contributed by atoms with Crippen LogP contribution in [0.1, 0.15) is 33.6 Å². The van der Waals surface area contributed by atoms with Gasteiger partial charge < -0.3 is 4.79 Å². The highest BCUT2D eigenvalue weighted by Gasteiger charge is 2.65. The average Bonchev–Trinajstić information content (AvgIpc) is 2.36. The summed E-state index contributed by atoms with van der Waals surface area (Å²) in [6, 6.07) is 0. The molecular weight excluding hydrogens is 164 g/mol. The lowest BCUT2D eigenvalue weighted by Gasteiger charge is -2.32. The molecule has 3 atom stereocenters. The van der Waals surface area contributed by atoms with Gasteiger partial charge in [-0.3, -0.25) is 4.79 Å². The van der Waals surface area contributed by atoms with Gasteiger partial charge >= 0.3 is 0 Å². The molecule has 0 radical (unpaired) electrons. The van der Waals surface area contributed by atoms with Crippen molar-refractivity contribution in [2.24, 2.45) is 22.7 Å². The number of ketones is 1. The third kappa shape index (κ3) is 0.749. The van der Waals surface area contributed by atoms with Crippen molar-refractivity contribution in [2.75, 3.05) is 0 Å². The Bertz CT molecular complexity index is 280. The largest absolute Gasteiger partial charge is 0.303 e. The van der Waals surface area contributed by atoms with Gasteiger partial charge in [0.2, 0.25) is 0 Å². The summed E-state index contributed by atoms with van der Waals surface area (Å²) in [5.74, 6) is 0.167. The van der Waals surface area contributed by atoms with Gasteiger partial charge in [0.15, 0.2) is 0 Å². The van der Waals surface area contributed by atoms with E-state index in [-0.39, 0.29) is 22.5 Å². The van der Waals surface area contributed by atoms with Gasteiger partial charge in [-0.05, 0) is 24.2 Å². The van der Waals surface area contributed by atoms with Gasteiger partial charge in [0.25, 0.3) is 0 Å². The number of hydrogen-bond acceptors (Lipinski definition) is 2. The van der Waals surface area contributed by atoms with Gasteiger partial charge in [-0.1, -0.05) is 20.8 Å². The molecule has 2 saturated carbocycles. The van der Waals surface area contributed by atoms with Crippen LogP contribution in [0.2, 0.25) is 0 Å². The van der Waals surface area contributed by atoms with Crippen LogP contribution < -0.4 is 0 Å². The van der Waals surface area contributed by atoms with Crippen molar-refractivity contribution in [3.63, 3.8) is 0 Å². The number of fused-ring (bicyclic) bond motifs is 2. The van der Waals surface area contributed by atoms with Gasteiger partial charge in [0, 0.05) is 5.41 Å². The van der Waals surface area contributed by atoms with E-state index in [4.69, 9.17) is 0 Å². The quantitative estimate of drug-likeness (QED) is 0.455. The van der Waals surface area contributed by atoms with Crippen molar-refractivity contribution < 1.29 is 9.59 Å². The molecule has 2 heteroatoms. The lowest BCUT2D eigenvalue weighted by Crippen LogP contribution is -2.33. The molecule has 0 aromatic rings. The summed E-state index contributed by atoms with van der Waals surface area (Å²) in [5, 5.41) is 0. The Morgan fingerprint density at radius 3 is 2.31 bits per heavy atom. The highest BCUT2D eigenvalue weighted by atomic mass is 16.1. The highest BCUT2D eigenvalue weighted by molar-refractivity contribution is 6.01. The summed E-state index contributed by atoms with van der Waals surface area (Å²) >= 11 is 0. The molecule has 0 saturated heterocycles. The third-order valence-corrected chi connectivity index (χ3v) is 4.73. The summed E-state index contributed by atoms with van der Waals surface area (Å²) in [4.78, 5) is 22.7. The van der Waals surface area contributed by atoms with E-state index in [1.165, 1.54) is 0 Å². The smallest absolute Gasteiger partial charge is 0.149 e. The zero-order valence-electron chi connectivity index (χ0n) is 8.46. The Labute approximate surface area is 78.7 Å². The normalized spacial score (nSPS) is 46.8. The summed E-state index contributed by atoms with van der Waals surface area (Å²) in [6.45, 7) is 6.29. The van der Waals surface area contributed by atoms with Crippen molar-refractivity contribution in [2.45, 2.75) is 33.6 Å². The Morgan fingerprint density at radius 2 is 2.00 bits per heavy atom. The summed E-state index contributed by atoms with van der Waals surface area (Å²) in [6.07, 6.45) is 2.87. The van der Waals surface area contributed by atoms with Gasteiger partial charge in [0.05, 0.1) is 5.92 Å². The van der Waals surface area contributed by atoms with Crippen molar-refractivity contribution in [3.05, 3.63) is 0 Å². The fraction of sp³-hybridized carbons (Fsp3) is 0.818. The van der Waals surface area contributed by atoms with Crippen LogP contribution in [0, 0.1) is 22.7 Å². The van der Waals surface area contributed by atoms with Crippen LogP contribution >= 0.6 is 0 Å². The van der Waals surface area contributed by atoms with Crippen LogP contribution in [0.25, 0.3) is 0 Å². The number of Topliss-reactive ketones (excluding diaryl/α,β-unsaturated/α-hetero) is 1. The fourth-order valence-corrected chi connectivity index (χ4v) is 3.31. The molecular formula is C11H16O2. The molecule has 3 unspecified atom stereocenters. The van der Waals surface area contributed by atoms with Crippen molar-refractivity contribution in [1.29, 1.82) is 0 Å². The summed E-state index contributed by atoms with van der Waals surface area (Å²) < 4.78 is 0. The number of carbonyl (C=O) groups excluding carboxylic acids is 2. The fourth-order valence-electron chi connectivity index (χ4n) is 3.31. The lowest BCUT2D eigenvalue weighted by molar-refractivity contribution is -0.134. The number of rotatable bonds is 1. The predicted octanol–water partition coefficient (Wildman–Crippen LogP) is 1.83. The Balaban J connectivity index is 2.50. The van der Waals surface area contributed by atoms with E-state index in [1.807, 2.05) is 6.92 Å². The average molecular weight is 180 g/mol. The topological polar surface area (TPSA) is 34.1 Å². The van der Waals surface area contributed by atoms with E-state index >= 15 is 0 Å². The Kier molecular flexibility index (Phi) is 1.53. The molecule has 2 bridgehead atoms. The van der Waals surface area contributed by atoms with Crippen molar-refractivity contribution in [1.82, 2.24) is 0 Å². The second-order valence-corrected chi connectivity index (χ2v) is 5.23. The standard InChI is InChI=1S/C11H16O2/c1-10(2)8-4-5-11(10,3)9(13)7(8)6-12/h6-8H,4-5H2,1-3H3. The molecule has 0 aliphatic heterocycles. The first-order valence-electron chi connectivity index (χ1n) is 4.95. The predicted molar refractivity (Wildman–Crippen MR) is 49.2 cm³/mol. The maximum Gasteiger partial charge on any atom is 0.149 e. The summed E-state index contributed by atoms with van der Waals surface area (Å²) in [5.41, 5.74) is -0.209. The second kappa shape index (κ2) is 2.23. The highest BCUT2D eigenvalue weighted by Crippen LogP contribution is 2.65. The molecule has 2 nitrogen and oxygen atoms in total. The first kappa shape index (κ1) is 8.92. The molecule has 0 aromatic carbocycles. The zero-order chi connectivity index (χ0) is 9.85. The van der Waals surface area contributed by atoms with Gasteiger partial charge in [-0.2, -0.15) is 0 Å². The molecule has 2 aliphatic rings. The van der Waals surface area contributed by atoms with Gasteiger partial charge in [0.1, 0.15) is 12.1 Å². The maximum atomic E-state index is 11.9. The van der Waals surface area contributed by atoms with E-state index in [2.05, 4.69) is 13.8 Å². The van der Waals surface area contributed by atoms with Crippen LogP contribution in [0.4, 0.5) is 0 Å². The number of aldehydes is 1. The van der Waals surface area contributed by atoms with E-state index in [0.29, 0.717) is 5.92 Å².